The fourth-order valence-corrected chi connectivity index (χ4v) is 4.11. The van der Waals surface area contributed by atoms with Crippen LogP contribution in [-0.2, 0) is 6.42 Å². The molecule has 1 aliphatic carbocycles. The molecular weight excluding hydrogens is 256 g/mol. The molecule has 0 spiro atoms. The van der Waals surface area contributed by atoms with Crippen molar-refractivity contribution >= 4 is 0 Å². The summed E-state index contributed by atoms with van der Waals surface area (Å²) in [5, 5.41) is 0. The van der Waals surface area contributed by atoms with Crippen LogP contribution in [0, 0.1) is 5.92 Å². The molecule has 0 amide bonds. The summed E-state index contributed by atoms with van der Waals surface area (Å²) in [6.07, 6.45) is 5.31. The van der Waals surface area contributed by atoms with E-state index in [1.807, 2.05) is 0 Å². The van der Waals surface area contributed by atoms with Crippen LogP contribution in [0.3, 0.4) is 0 Å². The molecule has 0 saturated carbocycles. The Kier molecular flexibility index (Phi) is 4.97. The summed E-state index contributed by atoms with van der Waals surface area (Å²) in [5.41, 5.74) is 3.21. The van der Waals surface area contributed by atoms with Crippen LogP contribution in [-0.4, -0.2) is 42.5 Å². The molecule has 1 saturated heterocycles. The smallest absolute Gasteiger partial charge is 0.0351 e. The minimum atomic E-state index is 0.675. The van der Waals surface area contributed by atoms with Gasteiger partial charge in [-0.05, 0) is 49.3 Å². The second-order valence-corrected chi connectivity index (χ2v) is 7.19. The molecule has 1 aromatic rings. The summed E-state index contributed by atoms with van der Waals surface area (Å²) in [6, 6.07) is 9.81. The van der Waals surface area contributed by atoms with Gasteiger partial charge in [0.15, 0.2) is 0 Å². The minimum Gasteiger partial charge on any atom is -0.302 e. The second kappa shape index (κ2) is 6.93. The fraction of sp³-hybridized carbons (Fsp3) is 0.684. The van der Waals surface area contributed by atoms with Crippen LogP contribution in [0.5, 0.6) is 0 Å². The van der Waals surface area contributed by atoms with Gasteiger partial charge in [0.25, 0.3) is 0 Å². The number of hydrogen-bond donors (Lipinski definition) is 0. The third kappa shape index (κ3) is 3.67. The summed E-state index contributed by atoms with van der Waals surface area (Å²) in [6.45, 7) is 11.0. The van der Waals surface area contributed by atoms with Gasteiger partial charge >= 0.3 is 0 Å². The summed E-state index contributed by atoms with van der Waals surface area (Å²) in [5.74, 6) is 0.784. The average Bonchev–Trinajstić information content (AvgIpc) is 2.71. The maximum atomic E-state index is 2.76. The molecule has 1 heterocycles. The lowest BCUT2D eigenvalue weighted by atomic mass is 9.87. The van der Waals surface area contributed by atoms with Gasteiger partial charge in [-0.2, -0.15) is 0 Å². The molecule has 0 unspecified atom stereocenters. The number of benzene rings is 1. The highest BCUT2D eigenvalue weighted by Crippen LogP contribution is 2.34. The van der Waals surface area contributed by atoms with E-state index in [9.17, 15) is 0 Å². The van der Waals surface area contributed by atoms with Crippen LogP contribution < -0.4 is 0 Å². The number of fused-ring (bicyclic) bond motifs is 1. The van der Waals surface area contributed by atoms with E-state index < -0.39 is 0 Å². The highest BCUT2D eigenvalue weighted by molar-refractivity contribution is 5.32. The molecule has 1 fully saturated rings. The van der Waals surface area contributed by atoms with Crippen LogP contribution in [0.15, 0.2) is 24.3 Å². The number of aryl methyl sites for hydroxylation is 1. The van der Waals surface area contributed by atoms with Crippen molar-refractivity contribution in [1.29, 1.82) is 0 Å². The molecule has 1 aromatic carbocycles. The molecule has 0 bridgehead atoms. The van der Waals surface area contributed by atoms with Gasteiger partial charge < -0.3 is 4.90 Å². The molecule has 1 aliphatic heterocycles. The first-order valence-electron chi connectivity index (χ1n) is 8.78. The van der Waals surface area contributed by atoms with Gasteiger partial charge in [-0.15, -0.1) is 0 Å². The van der Waals surface area contributed by atoms with Gasteiger partial charge in [0, 0.05) is 32.2 Å². The molecule has 2 heteroatoms. The van der Waals surface area contributed by atoms with Crippen molar-refractivity contribution in [3.8, 4) is 0 Å². The van der Waals surface area contributed by atoms with Crippen LogP contribution >= 0.6 is 0 Å². The molecule has 116 valence electrons. The maximum Gasteiger partial charge on any atom is 0.0351 e. The van der Waals surface area contributed by atoms with Gasteiger partial charge in [-0.25, -0.2) is 0 Å². The zero-order valence-electron chi connectivity index (χ0n) is 13.7. The monoisotopic (exact) mass is 286 g/mol. The molecule has 3 rings (SSSR count). The van der Waals surface area contributed by atoms with Gasteiger partial charge in [0.2, 0.25) is 0 Å². The zero-order valence-corrected chi connectivity index (χ0v) is 13.7. The van der Waals surface area contributed by atoms with E-state index >= 15 is 0 Å². The van der Waals surface area contributed by atoms with Crippen LogP contribution in [0.25, 0.3) is 0 Å². The van der Waals surface area contributed by atoms with E-state index in [2.05, 4.69) is 47.9 Å². The second-order valence-electron chi connectivity index (χ2n) is 7.19. The predicted molar refractivity (Wildman–Crippen MR) is 89.6 cm³/mol. The summed E-state index contributed by atoms with van der Waals surface area (Å²) < 4.78 is 0. The van der Waals surface area contributed by atoms with E-state index in [1.54, 1.807) is 11.1 Å². The summed E-state index contributed by atoms with van der Waals surface area (Å²) in [7, 11) is 0. The first-order chi connectivity index (χ1) is 10.2. The Morgan fingerprint density at radius 3 is 2.76 bits per heavy atom. The Bertz CT molecular complexity index is 455. The Morgan fingerprint density at radius 2 is 1.90 bits per heavy atom. The van der Waals surface area contributed by atoms with Crippen molar-refractivity contribution in [3.63, 3.8) is 0 Å². The molecular formula is C19H30N2. The quantitative estimate of drug-likeness (QED) is 0.835. The van der Waals surface area contributed by atoms with Crippen molar-refractivity contribution in [1.82, 2.24) is 9.80 Å². The Hall–Kier alpha value is -0.860. The molecule has 2 nitrogen and oxygen atoms in total. The minimum absolute atomic E-state index is 0.675. The van der Waals surface area contributed by atoms with Gasteiger partial charge in [0.1, 0.15) is 0 Å². The molecule has 0 radical (unpaired) electrons. The maximum absolute atomic E-state index is 2.76. The Morgan fingerprint density at radius 1 is 1.05 bits per heavy atom. The van der Waals surface area contributed by atoms with Crippen LogP contribution in [0.1, 0.15) is 50.3 Å². The summed E-state index contributed by atoms with van der Waals surface area (Å²) >= 11 is 0. The number of rotatable bonds is 3. The lowest BCUT2D eigenvalue weighted by molar-refractivity contribution is 0.178. The van der Waals surface area contributed by atoms with E-state index in [-0.39, 0.29) is 0 Å². The molecule has 2 aliphatic rings. The van der Waals surface area contributed by atoms with Crippen LogP contribution in [0.4, 0.5) is 0 Å². The average molecular weight is 286 g/mol. The molecule has 0 aromatic heterocycles. The molecule has 21 heavy (non-hydrogen) atoms. The van der Waals surface area contributed by atoms with Crippen molar-refractivity contribution in [2.45, 2.75) is 45.6 Å². The van der Waals surface area contributed by atoms with Crippen molar-refractivity contribution < 1.29 is 0 Å². The lowest BCUT2D eigenvalue weighted by Gasteiger charge is -2.35. The SMILES string of the molecule is CC(C)CN1CCCN([C@@H]2CCCc3ccccc32)CC1. The van der Waals surface area contributed by atoms with Gasteiger partial charge in [-0.1, -0.05) is 38.1 Å². The third-order valence-electron chi connectivity index (χ3n) is 5.02. The van der Waals surface area contributed by atoms with E-state index in [0.717, 1.165) is 5.92 Å². The van der Waals surface area contributed by atoms with Gasteiger partial charge in [-0.3, -0.25) is 4.90 Å². The van der Waals surface area contributed by atoms with Crippen molar-refractivity contribution in [3.05, 3.63) is 35.4 Å². The highest BCUT2D eigenvalue weighted by Gasteiger charge is 2.27. The number of hydrogen-bond acceptors (Lipinski definition) is 2. The standard InChI is InChI=1S/C19H30N2/c1-16(2)15-20-11-6-12-21(14-13-20)19-10-5-8-17-7-3-4-9-18(17)19/h3-4,7,9,16,19H,5-6,8,10-15H2,1-2H3/t19-/m1/s1. The molecule has 0 N–H and O–H groups in total. The van der Waals surface area contributed by atoms with E-state index in [4.69, 9.17) is 0 Å². The Balaban J connectivity index is 1.68. The third-order valence-corrected chi connectivity index (χ3v) is 5.02. The zero-order chi connectivity index (χ0) is 14.7. The topological polar surface area (TPSA) is 6.48 Å². The highest BCUT2D eigenvalue weighted by atomic mass is 15.2. The predicted octanol–water partition coefficient (Wildman–Crippen LogP) is 3.73. The van der Waals surface area contributed by atoms with E-state index in [0.29, 0.717) is 6.04 Å². The molecule has 1 atom stereocenters. The summed E-state index contributed by atoms with van der Waals surface area (Å²) in [4.78, 5) is 5.43. The lowest BCUT2D eigenvalue weighted by Crippen LogP contribution is -2.36. The first kappa shape index (κ1) is 15.1. The van der Waals surface area contributed by atoms with Crippen LogP contribution in [0.2, 0.25) is 0 Å². The largest absolute Gasteiger partial charge is 0.302 e. The Labute approximate surface area is 130 Å². The van der Waals surface area contributed by atoms with Gasteiger partial charge in [0.05, 0.1) is 0 Å². The van der Waals surface area contributed by atoms with Crippen molar-refractivity contribution in [2.24, 2.45) is 5.92 Å². The fourth-order valence-electron chi connectivity index (χ4n) is 4.11. The first-order valence-corrected chi connectivity index (χ1v) is 8.78. The number of nitrogens with zero attached hydrogens (tertiary/aromatic N) is 2. The normalized spacial score (nSPS) is 24.8. The van der Waals surface area contributed by atoms with Crippen molar-refractivity contribution in [2.75, 3.05) is 32.7 Å². The van der Waals surface area contributed by atoms with E-state index in [1.165, 1.54) is 58.4 Å².